The van der Waals surface area contributed by atoms with Crippen LogP contribution in [0.1, 0.15) is 30.4 Å². The summed E-state index contributed by atoms with van der Waals surface area (Å²) in [5.41, 5.74) is 8.72. The van der Waals surface area contributed by atoms with Gasteiger partial charge < -0.3 is 31.4 Å². The number of aromatic nitrogens is 2. The fourth-order valence-electron chi connectivity index (χ4n) is 4.28. The van der Waals surface area contributed by atoms with Crippen molar-refractivity contribution in [1.82, 2.24) is 14.9 Å². The van der Waals surface area contributed by atoms with Crippen LogP contribution < -0.4 is 16.4 Å². The second-order valence-corrected chi connectivity index (χ2v) is 8.45. The number of H-pyrrole nitrogens is 1. The number of aryl methyl sites for hydroxylation is 1. The maximum absolute atomic E-state index is 13.7. The van der Waals surface area contributed by atoms with Crippen molar-refractivity contribution in [3.63, 3.8) is 0 Å². The van der Waals surface area contributed by atoms with Crippen LogP contribution in [-0.4, -0.2) is 50.4 Å². The molecule has 1 aliphatic rings. The molecule has 1 aromatic heterocycles. The molecule has 9 nitrogen and oxygen atoms in total. The Kier molecular flexibility index (Phi) is 7.31. The predicted molar refractivity (Wildman–Crippen MR) is 130 cm³/mol. The lowest BCUT2D eigenvalue weighted by molar-refractivity contribution is -0.141. The molecule has 2 atom stereocenters. The van der Waals surface area contributed by atoms with E-state index >= 15 is 0 Å². The Bertz CT molecular complexity index is 1100. The molecule has 6 N–H and O–H groups in total. The van der Waals surface area contributed by atoms with Crippen LogP contribution >= 0.6 is 0 Å². The number of carbonyl (C=O) groups excluding carboxylic acids is 2. The van der Waals surface area contributed by atoms with Crippen molar-refractivity contribution in [3.8, 4) is 5.75 Å². The van der Waals surface area contributed by atoms with Gasteiger partial charge in [-0.2, -0.15) is 0 Å². The van der Waals surface area contributed by atoms with Crippen LogP contribution in [0.25, 0.3) is 0 Å². The topological polar surface area (TPSA) is 136 Å². The normalized spacial score (nSPS) is 15.6. The van der Waals surface area contributed by atoms with E-state index in [1.165, 1.54) is 5.56 Å². The number of nitrogens with two attached hydrogens (primary N) is 1. The molecule has 9 heteroatoms. The minimum atomic E-state index is -0.765. The summed E-state index contributed by atoms with van der Waals surface area (Å²) in [7, 11) is 0. The van der Waals surface area contributed by atoms with Crippen LogP contribution in [0.15, 0.2) is 60.9 Å². The van der Waals surface area contributed by atoms with E-state index in [0.717, 1.165) is 17.7 Å². The molecule has 2 amide bonds. The van der Waals surface area contributed by atoms with Gasteiger partial charge in [0.1, 0.15) is 17.8 Å². The Hall–Kier alpha value is -4.01. The van der Waals surface area contributed by atoms with Crippen LogP contribution in [0.3, 0.4) is 0 Å². The summed E-state index contributed by atoms with van der Waals surface area (Å²) in [5, 5.41) is 16.1. The molecule has 2 heterocycles. The molecule has 0 fully saturated rings. The smallest absolute Gasteiger partial charge is 0.246 e. The van der Waals surface area contributed by atoms with E-state index in [9.17, 15) is 14.7 Å². The highest BCUT2D eigenvalue weighted by Crippen LogP contribution is 2.26. The number of nitrogens with zero attached hydrogens (tertiary/aromatic N) is 2. The van der Waals surface area contributed by atoms with Crippen LogP contribution in [0.2, 0.25) is 0 Å². The van der Waals surface area contributed by atoms with Crippen LogP contribution in [-0.2, 0) is 22.6 Å². The number of hydrogen-bond donors (Lipinski definition) is 5. The first kappa shape index (κ1) is 23.2. The number of carbonyl (C=O) groups is 2. The standard InChI is InChI=1S/C25H30N6O3/c26-23(33)22(6-3-13-27-25-28-14-15-29-25)31(16-17-7-10-19(32)11-8-17)24(34)21-12-9-18-4-1-2-5-20(18)30-21/h1-2,4-5,7-8,10-11,14-15,21-22,30,32H,3,6,9,12-13,16H2,(H2,26,33)(H2,27,28,29)/t21-,22+/m0/s1. The first-order valence-corrected chi connectivity index (χ1v) is 11.5. The van der Waals surface area contributed by atoms with Gasteiger partial charge in [0.05, 0.1) is 0 Å². The van der Waals surface area contributed by atoms with E-state index in [4.69, 9.17) is 5.73 Å². The van der Waals surface area contributed by atoms with Crippen molar-refractivity contribution >= 4 is 23.5 Å². The number of fused-ring (bicyclic) bond motifs is 1. The lowest BCUT2D eigenvalue weighted by atomic mass is 9.96. The highest BCUT2D eigenvalue weighted by atomic mass is 16.3. The number of nitrogens with one attached hydrogen (secondary N) is 3. The van der Waals surface area contributed by atoms with Gasteiger partial charge in [-0.25, -0.2) is 4.98 Å². The Balaban J connectivity index is 1.50. The molecule has 0 unspecified atom stereocenters. The summed E-state index contributed by atoms with van der Waals surface area (Å²) in [6.07, 6.45) is 5.82. The van der Waals surface area contributed by atoms with Gasteiger partial charge in [0, 0.05) is 31.2 Å². The van der Waals surface area contributed by atoms with Gasteiger partial charge in [-0.3, -0.25) is 9.59 Å². The molecule has 0 saturated heterocycles. The number of rotatable bonds is 10. The molecule has 4 rings (SSSR count). The molecule has 0 radical (unpaired) electrons. The van der Waals surface area contributed by atoms with Gasteiger partial charge in [-0.1, -0.05) is 30.3 Å². The van der Waals surface area contributed by atoms with Crippen LogP contribution in [0.4, 0.5) is 11.6 Å². The van der Waals surface area contributed by atoms with Gasteiger partial charge in [0.2, 0.25) is 11.8 Å². The summed E-state index contributed by atoms with van der Waals surface area (Å²) in [5.74, 6) is 0.0899. The number of phenols is 1. The largest absolute Gasteiger partial charge is 0.508 e. The SMILES string of the molecule is NC(=O)[C@@H](CCCNc1ncc[nH]1)N(Cc1ccc(O)cc1)C(=O)[C@@H]1CCc2ccccc2N1. The number of amides is 2. The minimum Gasteiger partial charge on any atom is -0.508 e. The van der Waals surface area contributed by atoms with Crippen molar-refractivity contribution < 1.29 is 14.7 Å². The first-order chi connectivity index (χ1) is 16.5. The molecule has 34 heavy (non-hydrogen) atoms. The number of phenolic OH excluding ortho intramolecular Hbond substituents is 1. The molecule has 178 valence electrons. The summed E-state index contributed by atoms with van der Waals surface area (Å²) in [4.78, 5) is 34.9. The molecule has 2 aromatic carbocycles. The number of para-hydroxylation sites is 1. The zero-order valence-electron chi connectivity index (χ0n) is 18.9. The average Bonchev–Trinajstić information content (AvgIpc) is 3.37. The molecular weight excluding hydrogens is 432 g/mol. The molecule has 1 aliphatic heterocycles. The molecule has 3 aromatic rings. The third-order valence-corrected chi connectivity index (χ3v) is 6.07. The molecule has 0 spiro atoms. The number of aromatic hydroxyl groups is 1. The van der Waals surface area contributed by atoms with E-state index in [-0.39, 0.29) is 18.2 Å². The Morgan fingerprint density at radius 2 is 2.00 bits per heavy atom. The average molecular weight is 463 g/mol. The van der Waals surface area contributed by atoms with E-state index in [1.54, 1.807) is 41.6 Å². The molecular formula is C25H30N6O3. The Morgan fingerprint density at radius 3 is 2.74 bits per heavy atom. The highest BCUT2D eigenvalue weighted by molar-refractivity contribution is 5.91. The monoisotopic (exact) mass is 462 g/mol. The van der Waals surface area contributed by atoms with E-state index in [1.807, 2.05) is 18.2 Å². The van der Waals surface area contributed by atoms with E-state index in [0.29, 0.717) is 31.8 Å². The summed E-state index contributed by atoms with van der Waals surface area (Å²) >= 11 is 0. The minimum absolute atomic E-state index is 0.141. The first-order valence-electron chi connectivity index (χ1n) is 11.5. The zero-order valence-corrected chi connectivity index (χ0v) is 18.9. The van der Waals surface area contributed by atoms with Crippen molar-refractivity contribution in [2.45, 2.75) is 44.3 Å². The maximum atomic E-state index is 13.7. The van der Waals surface area contributed by atoms with Gasteiger partial charge in [0.25, 0.3) is 0 Å². The molecule has 0 aliphatic carbocycles. The van der Waals surface area contributed by atoms with Crippen LogP contribution in [0.5, 0.6) is 5.75 Å². The summed E-state index contributed by atoms with van der Waals surface area (Å²) in [6.45, 7) is 0.797. The number of imidazole rings is 1. The lowest BCUT2D eigenvalue weighted by Crippen LogP contribution is -2.53. The number of anilines is 2. The summed E-state index contributed by atoms with van der Waals surface area (Å²) < 4.78 is 0. The number of primary amides is 1. The second-order valence-electron chi connectivity index (χ2n) is 8.45. The van der Waals surface area contributed by atoms with Gasteiger partial charge >= 0.3 is 0 Å². The van der Waals surface area contributed by atoms with E-state index < -0.39 is 18.0 Å². The third kappa shape index (κ3) is 5.67. The third-order valence-electron chi connectivity index (χ3n) is 6.07. The van der Waals surface area contributed by atoms with Crippen molar-refractivity contribution in [3.05, 3.63) is 72.1 Å². The Morgan fingerprint density at radius 1 is 1.21 bits per heavy atom. The fourth-order valence-corrected chi connectivity index (χ4v) is 4.28. The maximum Gasteiger partial charge on any atom is 0.246 e. The quantitative estimate of drug-likeness (QED) is 0.294. The Labute approximate surface area is 198 Å². The van der Waals surface area contributed by atoms with Gasteiger partial charge in [0.15, 0.2) is 5.95 Å². The fraction of sp³-hybridized carbons (Fsp3) is 0.320. The van der Waals surface area contributed by atoms with Crippen molar-refractivity contribution in [2.24, 2.45) is 5.73 Å². The second kappa shape index (κ2) is 10.7. The van der Waals surface area contributed by atoms with Crippen molar-refractivity contribution in [1.29, 1.82) is 0 Å². The highest BCUT2D eigenvalue weighted by Gasteiger charge is 2.34. The van der Waals surface area contributed by atoms with Crippen molar-refractivity contribution in [2.75, 3.05) is 17.2 Å². The van der Waals surface area contributed by atoms with Gasteiger partial charge in [-0.05, 0) is 55.0 Å². The lowest BCUT2D eigenvalue weighted by Gasteiger charge is -2.35. The predicted octanol–water partition coefficient (Wildman–Crippen LogP) is 2.62. The zero-order chi connectivity index (χ0) is 23.9. The van der Waals surface area contributed by atoms with Crippen LogP contribution in [0, 0.1) is 0 Å². The van der Waals surface area contributed by atoms with E-state index in [2.05, 4.69) is 26.7 Å². The number of benzene rings is 2. The summed E-state index contributed by atoms with van der Waals surface area (Å²) in [6, 6.07) is 13.4. The molecule has 0 bridgehead atoms. The molecule has 0 saturated carbocycles. The number of hydrogen-bond acceptors (Lipinski definition) is 6. The van der Waals surface area contributed by atoms with Gasteiger partial charge in [-0.15, -0.1) is 0 Å². The number of aromatic amines is 1.